The molecule has 0 saturated heterocycles. The minimum Gasteiger partial charge on any atom is -0.495 e. The van der Waals surface area contributed by atoms with Gasteiger partial charge in [-0.05, 0) is 48.7 Å². The molecule has 0 aromatic heterocycles. The van der Waals surface area contributed by atoms with Crippen LogP contribution in [0.15, 0.2) is 47.4 Å². The minimum absolute atomic E-state index is 0.0930. The number of sulfonamides is 1. The van der Waals surface area contributed by atoms with E-state index in [1.165, 1.54) is 25.3 Å². The highest BCUT2D eigenvalue weighted by molar-refractivity contribution is 7.89. The van der Waals surface area contributed by atoms with Crippen molar-refractivity contribution in [1.82, 2.24) is 4.72 Å². The molecule has 0 aliphatic heterocycles. The molecule has 7 nitrogen and oxygen atoms in total. The third kappa shape index (κ3) is 3.86. The first-order valence-electron chi connectivity index (χ1n) is 8.86. The number of rotatable bonds is 7. The quantitative estimate of drug-likeness (QED) is 0.744. The maximum atomic E-state index is 12.6. The molecule has 8 heteroatoms. The molecule has 0 unspecified atom stereocenters. The third-order valence-electron chi connectivity index (χ3n) is 4.71. The second-order valence-corrected chi connectivity index (χ2v) is 8.33. The van der Waals surface area contributed by atoms with E-state index in [2.05, 4.69) is 16.1 Å². The van der Waals surface area contributed by atoms with Gasteiger partial charge in [-0.2, -0.15) is 5.26 Å². The van der Waals surface area contributed by atoms with Crippen LogP contribution in [0.3, 0.4) is 0 Å². The second kappa shape index (κ2) is 7.62. The lowest BCUT2D eigenvalue weighted by Crippen LogP contribution is -2.24. The second-order valence-electron chi connectivity index (χ2n) is 6.59. The van der Waals surface area contributed by atoms with E-state index >= 15 is 0 Å². The summed E-state index contributed by atoms with van der Waals surface area (Å²) in [6.07, 6.45) is 1.70. The molecule has 0 bridgehead atoms. The monoisotopic (exact) mass is 399 g/mol. The maximum absolute atomic E-state index is 12.6. The molecule has 146 valence electrons. The van der Waals surface area contributed by atoms with Gasteiger partial charge in [0.1, 0.15) is 10.6 Å². The topological polar surface area (TPSA) is 108 Å². The highest BCUT2D eigenvalue weighted by Crippen LogP contribution is 2.47. The molecular formula is C20H21N3O4S. The Kier molecular flexibility index (Phi) is 5.40. The zero-order valence-electron chi connectivity index (χ0n) is 15.7. The molecule has 0 spiro atoms. The van der Waals surface area contributed by atoms with Crippen molar-refractivity contribution >= 4 is 21.6 Å². The van der Waals surface area contributed by atoms with E-state index in [0.29, 0.717) is 5.69 Å². The maximum Gasteiger partial charge on any atom is 0.255 e. The summed E-state index contributed by atoms with van der Waals surface area (Å²) in [5.74, 6) is -0.280. The zero-order valence-corrected chi connectivity index (χ0v) is 16.5. The standard InChI is InChI=1S/C20H21N3O4S/c1-3-22-28(25,26)18-12-14(4-9-17(18)27-2)19(24)23-16-7-5-15(6-8-16)20(13-21)10-11-20/h4-9,12,22H,3,10-11H2,1-2H3,(H,23,24). The summed E-state index contributed by atoms with van der Waals surface area (Å²) in [7, 11) is -2.42. The predicted octanol–water partition coefficient (Wildman–Crippen LogP) is 2.80. The molecule has 3 rings (SSSR count). The molecule has 0 heterocycles. The highest BCUT2D eigenvalue weighted by Gasteiger charge is 2.44. The van der Waals surface area contributed by atoms with Crippen LogP contribution in [0.25, 0.3) is 0 Å². The molecule has 1 amide bonds. The number of nitrogens with one attached hydrogen (secondary N) is 2. The molecule has 2 aromatic rings. The zero-order chi connectivity index (χ0) is 20.4. The summed E-state index contributed by atoms with van der Waals surface area (Å²) in [6.45, 7) is 1.89. The molecule has 2 N–H and O–H groups in total. The van der Waals surface area contributed by atoms with Crippen LogP contribution in [0.1, 0.15) is 35.7 Å². The Morgan fingerprint density at radius 2 is 1.89 bits per heavy atom. The normalized spacial score (nSPS) is 14.8. The van der Waals surface area contributed by atoms with Crippen molar-refractivity contribution in [3.8, 4) is 11.8 Å². The Hall–Kier alpha value is -2.89. The summed E-state index contributed by atoms with van der Waals surface area (Å²) in [4.78, 5) is 12.5. The molecule has 0 atom stereocenters. The van der Waals surface area contributed by atoms with Crippen LogP contribution in [0, 0.1) is 11.3 Å². The lowest BCUT2D eigenvalue weighted by atomic mass is 9.98. The van der Waals surface area contributed by atoms with Gasteiger partial charge in [0, 0.05) is 17.8 Å². The van der Waals surface area contributed by atoms with Gasteiger partial charge in [0.25, 0.3) is 5.91 Å². The number of amides is 1. The lowest BCUT2D eigenvalue weighted by molar-refractivity contribution is 0.102. The largest absolute Gasteiger partial charge is 0.495 e. The Morgan fingerprint density at radius 3 is 2.43 bits per heavy atom. The molecule has 2 aromatic carbocycles. The van der Waals surface area contributed by atoms with Crippen molar-refractivity contribution in [1.29, 1.82) is 5.26 Å². The van der Waals surface area contributed by atoms with Gasteiger partial charge in [0.05, 0.1) is 18.6 Å². The van der Waals surface area contributed by atoms with Gasteiger partial charge in [-0.3, -0.25) is 4.79 Å². The molecule has 1 fully saturated rings. The molecule has 1 aliphatic carbocycles. The van der Waals surface area contributed by atoms with Gasteiger partial charge in [0.15, 0.2) is 0 Å². The van der Waals surface area contributed by atoms with Gasteiger partial charge >= 0.3 is 0 Å². The van der Waals surface area contributed by atoms with Crippen LogP contribution in [0.5, 0.6) is 5.75 Å². The first-order valence-corrected chi connectivity index (χ1v) is 10.3. The van der Waals surface area contributed by atoms with Gasteiger partial charge in [0.2, 0.25) is 10.0 Å². The van der Waals surface area contributed by atoms with E-state index < -0.39 is 15.9 Å². The van der Waals surface area contributed by atoms with Crippen LogP contribution in [0.2, 0.25) is 0 Å². The van der Waals surface area contributed by atoms with Gasteiger partial charge in [-0.25, -0.2) is 13.1 Å². The number of ether oxygens (including phenoxy) is 1. The van der Waals surface area contributed by atoms with Crippen LogP contribution in [-0.2, 0) is 15.4 Å². The number of carbonyl (C=O) groups excluding carboxylic acids is 1. The summed E-state index contributed by atoms with van der Waals surface area (Å²) >= 11 is 0. The fourth-order valence-corrected chi connectivity index (χ4v) is 4.20. The summed E-state index contributed by atoms with van der Waals surface area (Å²) in [5, 5.41) is 12.0. The molecule has 0 radical (unpaired) electrons. The number of hydrogen-bond acceptors (Lipinski definition) is 5. The number of methoxy groups -OCH3 is 1. The SMILES string of the molecule is CCNS(=O)(=O)c1cc(C(=O)Nc2ccc(C3(C#N)CC3)cc2)ccc1OC. The highest BCUT2D eigenvalue weighted by atomic mass is 32.2. The Labute approximate surface area is 164 Å². The first kappa shape index (κ1) is 19.9. The molecule has 28 heavy (non-hydrogen) atoms. The van der Waals surface area contributed by atoms with Crippen molar-refractivity contribution in [2.24, 2.45) is 0 Å². The number of benzene rings is 2. The number of anilines is 1. The first-order chi connectivity index (χ1) is 13.3. The molecular weight excluding hydrogens is 378 g/mol. The smallest absolute Gasteiger partial charge is 0.255 e. The Bertz CT molecular complexity index is 1040. The van der Waals surface area contributed by atoms with Gasteiger partial charge < -0.3 is 10.1 Å². The lowest BCUT2D eigenvalue weighted by Gasteiger charge is -2.12. The van der Waals surface area contributed by atoms with Crippen molar-refractivity contribution < 1.29 is 17.9 Å². The van der Waals surface area contributed by atoms with Gasteiger partial charge in [-0.1, -0.05) is 19.1 Å². The van der Waals surface area contributed by atoms with E-state index in [1.807, 2.05) is 12.1 Å². The number of carbonyl (C=O) groups is 1. The summed E-state index contributed by atoms with van der Waals surface area (Å²) in [5.41, 5.74) is 1.32. The van der Waals surface area contributed by atoms with Crippen LogP contribution in [-0.4, -0.2) is 28.0 Å². The minimum atomic E-state index is -3.79. The fraction of sp³-hybridized carbons (Fsp3) is 0.300. The summed E-state index contributed by atoms with van der Waals surface area (Å²) in [6, 6.07) is 13.7. The molecule has 1 saturated carbocycles. The average Bonchev–Trinajstić information content (AvgIpc) is 3.49. The van der Waals surface area contributed by atoms with Gasteiger partial charge in [-0.15, -0.1) is 0 Å². The summed E-state index contributed by atoms with van der Waals surface area (Å²) < 4.78 is 32.2. The number of hydrogen-bond donors (Lipinski definition) is 2. The van der Waals surface area contributed by atoms with E-state index in [1.54, 1.807) is 19.1 Å². The van der Waals surface area contributed by atoms with Crippen LogP contribution >= 0.6 is 0 Å². The van der Waals surface area contributed by atoms with Crippen LogP contribution < -0.4 is 14.8 Å². The number of nitriles is 1. The molecule has 1 aliphatic rings. The predicted molar refractivity (Wildman–Crippen MR) is 105 cm³/mol. The van der Waals surface area contributed by atoms with E-state index in [4.69, 9.17) is 4.74 Å². The van der Waals surface area contributed by atoms with Crippen molar-refractivity contribution in [2.45, 2.75) is 30.1 Å². The van der Waals surface area contributed by atoms with Crippen LogP contribution in [0.4, 0.5) is 5.69 Å². The third-order valence-corrected chi connectivity index (χ3v) is 6.28. The fourth-order valence-electron chi connectivity index (χ4n) is 2.96. The van der Waals surface area contributed by atoms with E-state index in [9.17, 15) is 18.5 Å². The Balaban J connectivity index is 1.82. The van der Waals surface area contributed by atoms with E-state index in [0.717, 1.165) is 18.4 Å². The van der Waals surface area contributed by atoms with Crippen molar-refractivity contribution in [2.75, 3.05) is 19.0 Å². The Morgan fingerprint density at radius 1 is 1.21 bits per heavy atom. The van der Waals surface area contributed by atoms with Crippen molar-refractivity contribution in [3.63, 3.8) is 0 Å². The average molecular weight is 399 g/mol. The van der Waals surface area contributed by atoms with E-state index in [-0.39, 0.29) is 28.2 Å². The number of nitrogens with zero attached hydrogens (tertiary/aromatic N) is 1. The van der Waals surface area contributed by atoms with Crippen molar-refractivity contribution in [3.05, 3.63) is 53.6 Å².